The molecule has 0 unspecified atom stereocenters. The predicted octanol–water partition coefficient (Wildman–Crippen LogP) is 3.93. The summed E-state index contributed by atoms with van der Waals surface area (Å²) in [7, 11) is 0. The molecule has 4 heteroatoms. The lowest BCUT2D eigenvalue weighted by Gasteiger charge is -2.16. The smallest absolute Gasteiger partial charge is 0.258 e. The molecule has 1 atom stereocenters. The van der Waals surface area contributed by atoms with Gasteiger partial charge in [-0.25, -0.2) is 0 Å². The van der Waals surface area contributed by atoms with Crippen molar-refractivity contribution in [1.29, 1.82) is 0 Å². The van der Waals surface area contributed by atoms with Gasteiger partial charge in [-0.15, -0.1) is 0 Å². The van der Waals surface area contributed by atoms with Crippen molar-refractivity contribution in [3.8, 4) is 5.75 Å². The van der Waals surface area contributed by atoms with E-state index in [1.54, 1.807) is 12.1 Å². The van der Waals surface area contributed by atoms with Crippen molar-refractivity contribution < 1.29 is 14.3 Å². The summed E-state index contributed by atoms with van der Waals surface area (Å²) in [6, 6.07) is 11.7. The number of ether oxygens (including phenoxy) is 1. The Morgan fingerprint density at radius 2 is 1.76 bits per heavy atom. The number of rotatable bonds is 7. The molecule has 2 rings (SSSR count). The fraction of sp³-hybridized carbons (Fsp3) is 0.333. The molecule has 0 aromatic heterocycles. The number of aldehydes is 1. The van der Waals surface area contributed by atoms with E-state index in [-0.39, 0.29) is 18.6 Å². The Bertz CT molecular complexity index is 727. The van der Waals surface area contributed by atoms with Crippen LogP contribution in [0.25, 0.3) is 0 Å². The lowest BCUT2D eigenvalue weighted by Crippen LogP contribution is -2.31. The van der Waals surface area contributed by atoms with Crippen LogP contribution in [0.5, 0.6) is 5.75 Å². The summed E-state index contributed by atoms with van der Waals surface area (Å²) >= 11 is 0. The van der Waals surface area contributed by atoms with Crippen LogP contribution in [-0.4, -0.2) is 18.8 Å². The minimum atomic E-state index is -0.176. The van der Waals surface area contributed by atoms with Gasteiger partial charge in [0.1, 0.15) is 12.0 Å². The molecular formula is C21H25NO3. The second-order valence-electron chi connectivity index (χ2n) is 6.27. The van der Waals surface area contributed by atoms with Crippen LogP contribution in [0.15, 0.2) is 36.4 Å². The van der Waals surface area contributed by atoms with Gasteiger partial charge in [0, 0.05) is 5.56 Å². The van der Waals surface area contributed by atoms with E-state index in [9.17, 15) is 9.59 Å². The molecule has 0 heterocycles. The normalized spacial score (nSPS) is 11.7. The van der Waals surface area contributed by atoms with E-state index in [0.29, 0.717) is 11.3 Å². The number of amides is 1. The van der Waals surface area contributed by atoms with Gasteiger partial charge < -0.3 is 10.1 Å². The molecular weight excluding hydrogens is 314 g/mol. The molecule has 4 nitrogen and oxygen atoms in total. The van der Waals surface area contributed by atoms with Crippen molar-refractivity contribution in [2.75, 3.05) is 6.61 Å². The van der Waals surface area contributed by atoms with Crippen molar-refractivity contribution in [3.05, 3.63) is 64.2 Å². The molecule has 0 spiro atoms. The van der Waals surface area contributed by atoms with Crippen molar-refractivity contribution >= 4 is 12.2 Å². The summed E-state index contributed by atoms with van der Waals surface area (Å²) in [4.78, 5) is 23.1. The molecule has 132 valence electrons. The predicted molar refractivity (Wildman–Crippen MR) is 99.2 cm³/mol. The highest BCUT2D eigenvalue weighted by Crippen LogP contribution is 2.24. The first-order valence-electron chi connectivity index (χ1n) is 8.52. The van der Waals surface area contributed by atoms with Crippen LogP contribution in [0, 0.1) is 13.8 Å². The van der Waals surface area contributed by atoms with E-state index in [1.807, 2.05) is 32.9 Å². The fourth-order valence-electron chi connectivity index (χ4n) is 2.83. The number of carbonyl (C=O) groups excluding carboxylic acids is 2. The molecule has 0 aliphatic heterocycles. The summed E-state index contributed by atoms with van der Waals surface area (Å²) in [6.07, 6.45) is 1.80. The van der Waals surface area contributed by atoms with Crippen LogP contribution >= 0.6 is 0 Å². The standard InChI is InChI=1S/C21H25NO3/c1-5-17-6-8-19(9-7-17)16(4)22-20(24)13-25-21-14(2)10-18(12-23)11-15(21)3/h6-12,16H,5,13H2,1-4H3,(H,22,24)/t16-/m0/s1. The first kappa shape index (κ1) is 18.7. The maximum absolute atomic E-state index is 12.2. The molecule has 2 aromatic carbocycles. The molecule has 25 heavy (non-hydrogen) atoms. The van der Waals surface area contributed by atoms with Gasteiger partial charge in [-0.05, 0) is 61.6 Å². The van der Waals surface area contributed by atoms with Crippen molar-refractivity contribution in [3.63, 3.8) is 0 Å². The highest BCUT2D eigenvalue weighted by molar-refractivity contribution is 5.79. The Hall–Kier alpha value is -2.62. The Morgan fingerprint density at radius 1 is 1.16 bits per heavy atom. The SMILES string of the molecule is CCc1ccc([C@H](C)NC(=O)COc2c(C)cc(C=O)cc2C)cc1. The minimum Gasteiger partial charge on any atom is -0.483 e. The topological polar surface area (TPSA) is 55.4 Å². The quantitative estimate of drug-likeness (QED) is 0.778. The molecule has 0 fully saturated rings. The average Bonchev–Trinajstić information content (AvgIpc) is 2.60. The van der Waals surface area contributed by atoms with Gasteiger partial charge in [0.15, 0.2) is 6.61 Å². The number of carbonyl (C=O) groups is 2. The van der Waals surface area contributed by atoms with Gasteiger partial charge in [0.05, 0.1) is 6.04 Å². The molecule has 0 aliphatic carbocycles. The first-order chi connectivity index (χ1) is 11.9. The molecule has 1 amide bonds. The lowest BCUT2D eigenvalue weighted by atomic mass is 10.1. The van der Waals surface area contributed by atoms with Crippen LogP contribution in [-0.2, 0) is 11.2 Å². The number of benzene rings is 2. The Kier molecular flexibility index (Phi) is 6.34. The van der Waals surface area contributed by atoms with Crippen LogP contribution in [0.2, 0.25) is 0 Å². The minimum absolute atomic E-state index is 0.0561. The van der Waals surface area contributed by atoms with E-state index in [4.69, 9.17) is 4.74 Å². The molecule has 0 radical (unpaired) electrons. The van der Waals surface area contributed by atoms with E-state index >= 15 is 0 Å². The van der Waals surface area contributed by atoms with Crippen LogP contribution in [0.1, 0.15) is 52.5 Å². The van der Waals surface area contributed by atoms with E-state index < -0.39 is 0 Å². The van der Waals surface area contributed by atoms with Gasteiger partial charge in [-0.2, -0.15) is 0 Å². The Labute approximate surface area is 149 Å². The van der Waals surface area contributed by atoms with Crippen molar-refractivity contribution in [2.24, 2.45) is 0 Å². The third-order valence-corrected chi connectivity index (χ3v) is 4.23. The molecule has 0 aliphatic rings. The zero-order valence-electron chi connectivity index (χ0n) is 15.3. The Balaban J connectivity index is 1.95. The number of hydrogen-bond acceptors (Lipinski definition) is 3. The summed E-state index contributed by atoms with van der Waals surface area (Å²) in [5.41, 5.74) is 4.63. The van der Waals surface area contributed by atoms with Gasteiger partial charge in [0.2, 0.25) is 0 Å². The largest absolute Gasteiger partial charge is 0.483 e. The monoisotopic (exact) mass is 339 g/mol. The second kappa shape index (κ2) is 8.47. The summed E-state index contributed by atoms with van der Waals surface area (Å²) in [5, 5.41) is 2.95. The summed E-state index contributed by atoms with van der Waals surface area (Å²) in [5.74, 6) is 0.478. The zero-order valence-corrected chi connectivity index (χ0v) is 15.3. The molecule has 2 aromatic rings. The van der Waals surface area contributed by atoms with Gasteiger partial charge in [0.25, 0.3) is 5.91 Å². The average molecular weight is 339 g/mol. The van der Waals surface area contributed by atoms with E-state index in [0.717, 1.165) is 29.4 Å². The van der Waals surface area contributed by atoms with Gasteiger partial charge in [-0.1, -0.05) is 31.2 Å². The highest BCUT2D eigenvalue weighted by atomic mass is 16.5. The zero-order chi connectivity index (χ0) is 18.4. The molecule has 0 bridgehead atoms. The van der Waals surface area contributed by atoms with E-state index in [2.05, 4.69) is 24.4 Å². The number of hydrogen-bond donors (Lipinski definition) is 1. The van der Waals surface area contributed by atoms with Gasteiger partial charge >= 0.3 is 0 Å². The fourth-order valence-corrected chi connectivity index (χ4v) is 2.83. The van der Waals surface area contributed by atoms with Crippen molar-refractivity contribution in [2.45, 2.75) is 40.2 Å². The maximum atomic E-state index is 12.2. The Morgan fingerprint density at radius 3 is 2.28 bits per heavy atom. The number of aryl methyl sites for hydroxylation is 3. The van der Waals surface area contributed by atoms with Crippen LogP contribution < -0.4 is 10.1 Å². The van der Waals surface area contributed by atoms with E-state index in [1.165, 1.54) is 5.56 Å². The third kappa shape index (κ3) is 4.92. The van der Waals surface area contributed by atoms with Crippen LogP contribution in [0.3, 0.4) is 0 Å². The lowest BCUT2D eigenvalue weighted by molar-refractivity contribution is -0.123. The van der Waals surface area contributed by atoms with Crippen LogP contribution in [0.4, 0.5) is 0 Å². The highest BCUT2D eigenvalue weighted by Gasteiger charge is 2.12. The summed E-state index contributed by atoms with van der Waals surface area (Å²) < 4.78 is 5.67. The molecule has 1 N–H and O–H groups in total. The maximum Gasteiger partial charge on any atom is 0.258 e. The summed E-state index contributed by atoms with van der Waals surface area (Å²) in [6.45, 7) is 7.74. The molecule has 0 saturated heterocycles. The second-order valence-corrected chi connectivity index (χ2v) is 6.27. The van der Waals surface area contributed by atoms with Gasteiger partial charge in [-0.3, -0.25) is 9.59 Å². The third-order valence-electron chi connectivity index (χ3n) is 4.23. The first-order valence-corrected chi connectivity index (χ1v) is 8.52. The number of nitrogens with one attached hydrogen (secondary N) is 1. The molecule has 0 saturated carbocycles. The van der Waals surface area contributed by atoms with Crippen molar-refractivity contribution in [1.82, 2.24) is 5.32 Å².